The molecule has 15 aromatic rings. The molecular formula is C65H38N2O3. The average Bonchev–Trinajstić information content (AvgIpc) is 4.19. The van der Waals surface area contributed by atoms with Gasteiger partial charge in [-0.2, -0.15) is 0 Å². The summed E-state index contributed by atoms with van der Waals surface area (Å²) in [7, 11) is 0. The molecule has 0 amide bonds. The van der Waals surface area contributed by atoms with Crippen molar-refractivity contribution in [3.05, 3.63) is 231 Å². The molecule has 10 aromatic carbocycles. The SMILES string of the molecule is c1ccc(-c2cc(-c3ccc4c(c3)oc3ccccc34)nc(-c3cccc4oc5ccc(-c6cccc7oc8ccc(-c9ccc%10c(c9)c9ccccc9n%10-c9ccccc9)cc8c67)cc5c34)c2)cc1. The Bertz CT molecular complexity index is 4590. The van der Waals surface area contributed by atoms with Crippen molar-refractivity contribution in [2.45, 2.75) is 0 Å². The van der Waals surface area contributed by atoms with E-state index in [-0.39, 0.29) is 0 Å². The van der Waals surface area contributed by atoms with E-state index in [2.05, 4.69) is 223 Å². The predicted molar refractivity (Wildman–Crippen MR) is 288 cm³/mol. The Hall–Kier alpha value is -9.45. The van der Waals surface area contributed by atoms with Gasteiger partial charge in [-0.25, -0.2) is 4.98 Å². The van der Waals surface area contributed by atoms with Crippen LogP contribution in [0.2, 0.25) is 0 Å². The molecule has 326 valence electrons. The van der Waals surface area contributed by atoms with E-state index in [1.165, 1.54) is 21.8 Å². The molecule has 0 saturated heterocycles. The van der Waals surface area contributed by atoms with Gasteiger partial charge < -0.3 is 17.8 Å². The second kappa shape index (κ2) is 15.0. The first-order chi connectivity index (χ1) is 34.7. The first-order valence-electron chi connectivity index (χ1n) is 23.7. The highest BCUT2D eigenvalue weighted by Gasteiger charge is 2.20. The molecule has 0 atom stereocenters. The molecule has 5 aromatic heterocycles. The number of para-hydroxylation sites is 3. The first-order valence-corrected chi connectivity index (χ1v) is 23.7. The van der Waals surface area contributed by atoms with E-state index in [1.54, 1.807) is 0 Å². The van der Waals surface area contributed by atoms with Crippen LogP contribution in [0.25, 0.3) is 149 Å². The summed E-state index contributed by atoms with van der Waals surface area (Å²) < 4.78 is 22.0. The Kier molecular flexibility index (Phi) is 8.29. The Balaban J connectivity index is 0.876. The topological polar surface area (TPSA) is 57.2 Å². The van der Waals surface area contributed by atoms with Crippen LogP contribution in [0.4, 0.5) is 0 Å². The molecule has 0 radical (unpaired) electrons. The zero-order chi connectivity index (χ0) is 45.9. The van der Waals surface area contributed by atoms with Crippen molar-refractivity contribution in [3.63, 3.8) is 0 Å². The maximum absolute atomic E-state index is 6.64. The summed E-state index contributed by atoms with van der Waals surface area (Å²) in [5.41, 5.74) is 18.9. The maximum Gasteiger partial charge on any atom is 0.136 e. The number of rotatable bonds is 6. The fourth-order valence-electron chi connectivity index (χ4n) is 11.0. The fraction of sp³-hybridized carbons (Fsp3) is 0. The van der Waals surface area contributed by atoms with E-state index < -0.39 is 0 Å². The number of pyridine rings is 1. The number of furan rings is 3. The maximum atomic E-state index is 6.64. The summed E-state index contributed by atoms with van der Waals surface area (Å²) >= 11 is 0. The molecule has 0 bridgehead atoms. The van der Waals surface area contributed by atoms with E-state index >= 15 is 0 Å². The molecule has 70 heavy (non-hydrogen) atoms. The van der Waals surface area contributed by atoms with E-state index in [4.69, 9.17) is 18.2 Å². The highest BCUT2D eigenvalue weighted by atomic mass is 16.3. The van der Waals surface area contributed by atoms with Crippen molar-refractivity contribution < 1.29 is 13.3 Å². The van der Waals surface area contributed by atoms with Gasteiger partial charge in [0.1, 0.15) is 33.5 Å². The normalized spacial score (nSPS) is 12.0. The van der Waals surface area contributed by atoms with Crippen LogP contribution in [-0.4, -0.2) is 9.55 Å². The minimum atomic E-state index is 0.808. The molecule has 5 heterocycles. The second-order valence-corrected chi connectivity index (χ2v) is 18.2. The summed E-state index contributed by atoms with van der Waals surface area (Å²) in [5, 5.41) is 8.84. The molecule has 0 spiro atoms. The largest absolute Gasteiger partial charge is 0.456 e. The Morgan fingerprint density at radius 1 is 0.271 bits per heavy atom. The number of aromatic nitrogens is 2. The van der Waals surface area contributed by atoms with Crippen LogP contribution in [0, 0.1) is 0 Å². The van der Waals surface area contributed by atoms with Gasteiger partial charge in [-0.1, -0.05) is 133 Å². The Morgan fingerprint density at radius 3 is 1.61 bits per heavy atom. The van der Waals surface area contributed by atoms with Crippen molar-refractivity contribution in [3.8, 4) is 61.6 Å². The minimum Gasteiger partial charge on any atom is -0.456 e. The predicted octanol–water partition coefficient (Wildman–Crippen LogP) is 18.2. The number of nitrogens with zero attached hydrogens (tertiary/aromatic N) is 2. The number of hydrogen-bond acceptors (Lipinski definition) is 4. The standard InChI is InChI=1S/C65H38N2O3/c1-3-13-39(14-4-1)44-36-54(43-25-29-49-48-18-8-10-22-58(48)70-63(49)38-43)66-55(37-44)50-20-12-24-62-65(50)53-35-42(28-32-60(53)69-62)46-19-11-23-61-64(46)52-34-41(27-31-59(52)68-61)40-26-30-57-51(33-40)47-17-7-9-21-56(47)67(57)45-15-5-2-6-16-45/h1-38H. The third kappa shape index (κ3) is 5.95. The molecule has 0 aliphatic heterocycles. The first kappa shape index (κ1) is 38.6. The number of fused-ring (bicyclic) bond motifs is 12. The average molecular weight is 895 g/mol. The lowest BCUT2D eigenvalue weighted by Crippen LogP contribution is -1.92. The van der Waals surface area contributed by atoms with Crippen LogP contribution in [0.1, 0.15) is 0 Å². The van der Waals surface area contributed by atoms with Gasteiger partial charge in [0, 0.05) is 59.9 Å². The highest BCUT2D eigenvalue weighted by molar-refractivity contribution is 6.17. The van der Waals surface area contributed by atoms with Gasteiger partial charge in [0.15, 0.2) is 0 Å². The molecule has 5 nitrogen and oxygen atoms in total. The Labute approximate surface area is 400 Å². The summed E-state index contributed by atoms with van der Waals surface area (Å²) in [5.74, 6) is 0. The van der Waals surface area contributed by atoms with Crippen LogP contribution in [0.15, 0.2) is 244 Å². The van der Waals surface area contributed by atoms with Crippen molar-refractivity contribution >= 4 is 87.6 Å². The van der Waals surface area contributed by atoms with Crippen molar-refractivity contribution in [1.82, 2.24) is 9.55 Å². The summed E-state index contributed by atoms with van der Waals surface area (Å²) in [4.78, 5) is 5.43. The van der Waals surface area contributed by atoms with E-state index in [1.807, 2.05) is 12.1 Å². The lowest BCUT2D eigenvalue weighted by molar-refractivity contribution is 0.668. The molecule has 0 aliphatic carbocycles. The summed E-state index contributed by atoms with van der Waals surface area (Å²) in [6.45, 7) is 0. The van der Waals surface area contributed by atoms with Crippen molar-refractivity contribution in [2.24, 2.45) is 0 Å². The fourth-order valence-corrected chi connectivity index (χ4v) is 11.0. The van der Waals surface area contributed by atoms with Gasteiger partial charge in [-0.3, -0.25) is 0 Å². The third-order valence-electron chi connectivity index (χ3n) is 14.2. The molecule has 0 aliphatic rings. The number of hydrogen-bond donors (Lipinski definition) is 0. The minimum absolute atomic E-state index is 0.808. The highest BCUT2D eigenvalue weighted by Crippen LogP contribution is 2.44. The van der Waals surface area contributed by atoms with Gasteiger partial charge in [0.25, 0.3) is 0 Å². The lowest BCUT2D eigenvalue weighted by atomic mass is 9.95. The van der Waals surface area contributed by atoms with Gasteiger partial charge in [0.2, 0.25) is 0 Å². The van der Waals surface area contributed by atoms with Crippen LogP contribution in [-0.2, 0) is 0 Å². The van der Waals surface area contributed by atoms with E-state index in [0.717, 1.165) is 127 Å². The smallest absolute Gasteiger partial charge is 0.136 e. The van der Waals surface area contributed by atoms with Gasteiger partial charge >= 0.3 is 0 Å². The molecule has 0 N–H and O–H groups in total. The summed E-state index contributed by atoms with van der Waals surface area (Å²) in [6, 6.07) is 81.4. The monoisotopic (exact) mass is 894 g/mol. The van der Waals surface area contributed by atoms with E-state index in [9.17, 15) is 0 Å². The van der Waals surface area contributed by atoms with Gasteiger partial charge in [-0.05, 0) is 130 Å². The van der Waals surface area contributed by atoms with Crippen LogP contribution in [0.3, 0.4) is 0 Å². The zero-order valence-corrected chi connectivity index (χ0v) is 37.6. The third-order valence-corrected chi connectivity index (χ3v) is 14.2. The number of benzene rings is 10. The molecule has 0 fully saturated rings. The van der Waals surface area contributed by atoms with Crippen LogP contribution >= 0.6 is 0 Å². The van der Waals surface area contributed by atoms with Gasteiger partial charge in [-0.15, -0.1) is 0 Å². The second-order valence-electron chi connectivity index (χ2n) is 18.2. The van der Waals surface area contributed by atoms with Crippen LogP contribution < -0.4 is 0 Å². The zero-order valence-electron chi connectivity index (χ0n) is 37.6. The molecule has 0 saturated carbocycles. The molecule has 0 unspecified atom stereocenters. The van der Waals surface area contributed by atoms with Crippen molar-refractivity contribution in [2.75, 3.05) is 0 Å². The lowest BCUT2D eigenvalue weighted by Gasteiger charge is -2.11. The van der Waals surface area contributed by atoms with Crippen molar-refractivity contribution in [1.29, 1.82) is 0 Å². The molecular weight excluding hydrogens is 857 g/mol. The van der Waals surface area contributed by atoms with Crippen LogP contribution in [0.5, 0.6) is 0 Å². The Morgan fingerprint density at radius 2 is 0.814 bits per heavy atom. The summed E-state index contributed by atoms with van der Waals surface area (Å²) in [6.07, 6.45) is 0. The van der Waals surface area contributed by atoms with Gasteiger partial charge in [0.05, 0.1) is 22.4 Å². The molecule has 5 heteroatoms. The van der Waals surface area contributed by atoms with E-state index in [0.29, 0.717) is 0 Å². The quantitative estimate of drug-likeness (QED) is 0.167. The molecule has 15 rings (SSSR count).